The second-order valence-corrected chi connectivity index (χ2v) is 9.01. The van der Waals surface area contributed by atoms with Gasteiger partial charge in [0.1, 0.15) is 5.15 Å². The van der Waals surface area contributed by atoms with E-state index in [2.05, 4.69) is 24.4 Å². The van der Waals surface area contributed by atoms with Gasteiger partial charge in [0.2, 0.25) is 0 Å². The van der Waals surface area contributed by atoms with Crippen LogP contribution < -0.4 is 5.32 Å². The van der Waals surface area contributed by atoms with E-state index in [0.717, 1.165) is 46.4 Å². The summed E-state index contributed by atoms with van der Waals surface area (Å²) in [6.07, 6.45) is 8.53. The Morgan fingerprint density at radius 2 is 1.68 bits per heavy atom. The average molecular weight is 356 g/mol. The fraction of sp³-hybridized carbons (Fsp3) is 0.571. The van der Waals surface area contributed by atoms with Crippen LogP contribution in [0.15, 0.2) is 30.3 Å². The molecule has 1 N–H and O–H groups in total. The largest absolute Gasteiger partial charge is 0.307 e. The normalized spacial score (nSPS) is 33.1. The van der Waals surface area contributed by atoms with Crippen LogP contribution >= 0.6 is 11.6 Å². The molecule has 0 radical (unpaired) electrons. The van der Waals surface area contributed by atoms with Gasteiger partial charge in [-0.15, -0.1) is 0 Å². The fourth-order valence-electron chi connectivity index (χ4n) is 6.08. The molecule has 4 aliphatic rings. The molecular formula is C21H26ClN3. The maximum Gasteiger partial charge on any atom is 0.137 e. The maximum atomic E-state index is 6.71. The van der Waals surface area contributed by atoms with Crippen LogP contribution in [0, 0.1) is 24.7 Å². The predicted molar refractivity (Wildman–Crippen MR) is 101 cm³/mol. The van der Waals surface area contributed by atoms with Gasteiger partial charge in [-0.3, -0.25) is 0 Å². The number of benzene rings is 1. The molecule has 3 nitrogen and oxygen atoms in total. The zero-order valence-corrected chi connectivity index (χ0v) is 15.6. The first kappa shape index (κ1) is 15.9. The Labute approximate surface area is 154 Å². The lowest BCUT2D eigenvalue weighted by Gasteiger charge is -2.57. The van der Waals surface area contributed by atoms with Crippen LogP contribution in [0.3, 0.4) is 0 Å². The van der Waals surface area contributed by atoms with Crippen molar-refractivity contribution in [2.45, 2.75) is 57.5 Å². The number of hydrogen-bond acceptors (Lipinski definition) is 2. The van der Waals surface area contributed by atoms with Gasteiger partial charge in [-0.1, -0.05) is 29.8 Å². The Morgan fingerprint density at radius 3 is 2.28 bits per heavy atom. The van der Waals surface area contributed by atoms with Crippen molar-refractivity contribution < 1.29 is 0 Å². The van der Waals surface area contributed by atoms with Gasteiger partial charge in [0.15, 0.2) is 0 Å². The molecule has 4 bridgehead atoms. The average Bonchev–Trinajstić information content (AvgIpc) is 2.87. The summed E-state index contributed by atoms with van der Waals surface area (Å²) < 4.78 is 1.87. The SMILES string of the molecule is Cc1nn(-c2ccccc2)c(Cl)c1CNC12CC3CC(CC(C3)C1)C2. The van der Waals surface area contributed by atoms with Crippen molar-refractivity contribution >= 4 is 11.6 Å². The van der Waals surface area contributed by atoms with Crippen molar-refractivity contribution in [1.82, 2.24) is 15.1 Å². The first-order valence-corrected chi connectivity index (χ1v) is 10.0. The third-order valence-corrected chi connectivity index (χ3v) is 7.19. The quantitative estimate of drug-likeness (QED) is 0.845. The number of halogens is 1. The first-order valence-electron chi connectivity index (χ1n) is 9.66. The smallest absolute Gasteiger partial charge is 0.137 e. The maximum absolute atomic E-state index is 6.71. The molecule has 6 rings (SSSR count). The minimum atomic E-state index is 0.360. The molecule has 2 aromatic rings. The van der Waals surface area contributed by atoms with E-state index >= 15 is 0 Å². The Morgan fingerprint density at radius 1 is 1.08 bits per heavy atom. The molecule has 0 aliphatic heterocycles. The van der Waals surface area contributed by atoms with Crippen LogP contribution in [0.4, 0.5) is 0 Å². The van der Waals surface area contributed by atoms with E-state index in [1.807, 2.05) is 22.9 Å². The minimum Gasteiger partial charge on any atom is -0.307 e. The van der Waals surface area contributed by atoms with Crippen LogP contribution in [0.25, 0.3) is 5.69 Å². The van der Waals surface area contributed by atoms with Crippen molar-refractivity contribution in [3.05, 3.63) is 46.7 Å². The number of hydrogen-bond donors (Lipinski definition) is 1. The molecule has 0 amide bonds. The van der Waals surface area contributed by atoms with Crippen molar-refractivity contribution in [3.63, 3.8) is 0 Å². The van der Waals surface area contributed by atoms with Crippen LogP contribution in [-0.4, -0.2) is 15.3 Å². The molecule has 132 valence electrons. The number of aromatic nitrogens is 2. The monoisotopic (exact) mass is 355 g/mol. The summed E-state index contributed by atoms with van der Waals surface area (Å²) in [5.74, 6) is 2.88. The van der Waals surface area contributed by atoms with E-state index in [1.165, 1.54) is 38.5 Å². The second-order valence-electron chi connectivity index (χ2n) is 8.65. The minimum absolute atomic E-state index is 0.360. The van der Waals surface area contributed by atoms with Gasteiger partial charge in [0.25, 0.3) is 0 Å². The van der Waals surface area contributed by atoms with Gasteiger partial charge in [-0.2, -0.15) is 5.10 Å². The molecule has 1 aromatic heterocycles. The number of para-hydroxylation sites is 1. The second kappa shape index (κ2) is 5.85. The molecule has 0 atom stereocenters. The van der Waals surface area contributed by atoms with E-state index in [-0.39, 0.29) is 0 Å². The summed E-state index contributed by atoms with van der Waals surface area (Å²) in [7, 11) is 0. The van der Waals surface area contributed by atoms with E-state index in [1.54, 1.807) is 0 Å². The molecule has 1 heterocycles. The summed E-state index contributed by atoms with van der Waals surface area (Å²) in [4.78, 5) is 0. The summed E-state index contributed by atoms with van der Waals surface area (Å²) in [5.41, 5.74) is 3.57. The van der Waals surface area contributed by atoms with E-state index in [4.69, 9.17) is 16.7 Å². The lowest BCUT2D eigenvalue weighted by molar-refractivity contribution is -0.0206. The highest BCUT2D eigenvalue weighted by molar-refractivity contribution is 6.30. The number of rotatable bonds is 4. The molecule has 0 spiro atoms. The van der Waals surface area contributed by atoms with E-state index in [9.17, 15) is 0 Å². The lowest BCUT2D eigenvalue weighted by Crippen LogP contribution is -2.58. The van der Waals surface area contributed by atoms with Gasteiger partial charge < -0.3 is 5.32 Å². The Balaban J connectivity index is 1.38. The highest BCUT2D eigenvalue weighted by Crippen LogP contribution is 2.55. The predicted octanol–water partition coefficient (Wildman–Crippen LogP) is 4.89. The fourth-order valence-corrected chi connectivity index (χ4v) is 6.41. The number of nitrogens with one attached hydrogen (secondary N) is 1. The van der Waals surface area contributed by atoms with Crippen LogP contribution in [-0.2, 0) is 6.54 Å². The highest BCUT2D eigenvalue weighted by atomic mass is 35.5. The van der Waals surface area contributed by atoms with Crippen molar-refractivity contribution in [3.8, 4) is 5.69 Å². The van der Waals surface area contributed by atoms with Crippen LogP contribution in [0.5, 0.6) is 0 Å². The highest BCUT2D eigenvalue weighted by Gasteiger charge is 2.50. The lowest BCUT2D eigenvalue weighted by atomic mass is 9.53. The third-order valence-electron chi connectivity index (χ3n) is 6.80. The Hall–Kier alpha value is -1.32. The van der Waals surface area contributed by atoms with Gasteiger partial charge in [-0.25, -0.2) is 4.68 Å². The zero-order chi connectivity index (χ0) is 17.0. The number of nitrogens with zero attached hydrogens (tertiary/aromatic N) is 2. The summed E-state index contributed by atoms with van der Waals surface area (Å²) >= 11 is 6.71. The molecule has 4 saturated carbocycles. The molecule has 4 heteroatoms. The first-order chi connectivity index (χ1) is 12.1. The van der Waals surface area contributed by atoms with E-state index in [0.29, 0.717) is 5.54 Å². The van der Waals surface area contributed by atoms with Gasteiger partial charge in [0.05, 0.1) is 11.4 Å². The van der Waals surface area contributed by atoms with Gasteiger partial charge in [0, 0.05) is 17.6 Å². The molecule has 0 unspecified atom stereocenters. The van der Waals surface area contributed by atoms with Crippen molar-refractivity contribution in [2.75, 3.05) is 0 Å². The summed E-state index contributed by atoms with van der Waals surface area (Å²) in [6.45, 7) is 2.91. The van der Waals surface area contributed by atoms with Crippen molar-refractivity contribution in [2.24, 2.45) is 17.8 Å². The molecule has 25 heavy (non-hydrogen) atoms. The standard InChI is InChI=1S/C21H26ClN3/c1-14-19(20(22)25(24-14)18-5-3-2-4-6-18)13-23-21-10-15-7-16(11-21)9-17(8-15)12-21/h2-6,15-17,23H,7-13H2,1H3. The Bertz CT molecular complexity index is 745. The molecule has 0 saturated heterocycles. The zero-order valence-electron chi connectivity index (χ0n) is 14.8. The van der Waals surface area contributed by atoms with Gasteiger partial charge in [-0.05, 0) is 75.3 Å². The van der Waals surface area contributed by atoms with Crippen LogP contribution in [0.2, 0.25) is 5.15 Å². The summed E-state index contributed by atoms with van der Waals surface area (Å²) in [5, 5.41) is 9.39. The Kier molecular flexibility index (Phi) is 3.72. The van der Waals surface area contributed by atoms with E-state index < -0.39 is 0 Å². The number of aryl methyl sites for hydroxylation is 1. The van der Waals surface area contributed by atoms with Crippen molar-refractivity contribution in [1.29, 1.82) is 0 Å². The molecule has 1 aromatic carbocycles. The molecule has 4 aliphatic carbocycles. The van der Waals surface area contributed by atoms with Gasteiger partial charge >= 0.3 is 0 Å². The van der Waals surface area contributed by atoms with Crippen LogP contribution in [0.1, 0.15) is 49.8 Å². The molecule has 4 fully saturated rings. The third kappa shape index (κ3) is 2.72. The molecular weight excluding hydrogens is 330 g/mol. The topological polar surface area (TPSA) is 29.9 Å². The summed E-state index contributed by atoms with van der Waals surface area (Å²) in [6, 6.07) is 10.2.